The molecule has 5 aliphatic carbocycles. The summed E-state index contributed by atoms with van der Waals surface area (Å²) in [7, 11) is 0. The number of aliphatic hydroxyl groups excluding tert-OH is 1. The molecule has 33 heavy (non-hydrogen) atoms. The second-order valence-electron chi connectivity index (χ2n) is 15.3. The van der Waals surface area contributed by atoms with Crippen LogP contribution in [0.1, 0.15) is 120 Å². The monoisotopic (exact) mass is 454 g/mol. The molecule has 188 valence electrons. The van der Waals surface area contributed by atoms with E-state index in [1.54, 1.807) is 0 Å². The molecular weight excluding hydrogens is 400 g/mol. The molecule has 0 heterocycles. The van der Waals surface area contributed by atoms with E-state index in [-0.39, 0.29) is 11.5 Å². The molecule has 0 aliphatic heterocycles. The van der Waals surface area contributed by atoms with Gasteiger partial charge in [-0.25, -0.2) is 0 Å². The van der Waals surface area contributed by atoms with Crippen LogP contribution in [0.2, 0.25) is 0 Å². The molecule has 4 saturated carbocycles. The van der Waals surface area contributed by atoms with Gasteiger partial charge in [-0.05, 0) is 120 Å². The van der Waals surface area contributed by atoms with E-state index in [2.05, 4.69) is 68.4 Å². The van der Waals surface area contributed by atoms with Gasteiger partial charge in [-0.2, -0.15) is 0 Å². The summed E-state index contributed by atoms with van der Waals surface area (Å²) in [6.07, 6.45) is 14.6. The topological polar surface area (TPSA) is 20.2 Å². The third-order valence-electron chi connectivity index (χ3n) is 14.2. The smallest absolute Gasteiger partial charge is 0.0622 e. The summed E-state index contributed by atoms with van der Waals surface area (Å²) in [5.74, 6) is 4.27. The third-order valence-corrected chi connectivity index (χ3v) is 14.2. The Labute approximate surface area is 205 Å². The highest BCUT2D eigenvalue weighted by Crippen LogP contribution is 2.76. The number of allylic oxidation sites excluding steroid dienone is 2. The SMILES string of the molecule is CC[C@@]1(C)C2CC[C@]3(C)C(CC=C4[C@@H]5[C@@H](C)[C@H](C)CC[C@]5(C)CC[C@]43C)[C@@]2(C)C[C@@H](C)[C@@H]1O. The molecule has 2 unspecified atom stereocenters. The largest absolute Gasteiger partial charge is 0.392 e. The molecular formula is C32H54O. The first-order chi connectivity index (χ1) is 15.3. The molecule has 0 aromatic rings. The van der Waals surface area contributed by atoms with E-state index in [9.17, 15) is 5.11 Å². The Balaban J connectivity index is 1.60. The van der Waals surface area contributed by atoms with E-state index in [1.165, 1.54) is 51.4 Å². The molecule has 0 radical (unpaired) electrons. The normalized spacial score (nSPS) is 60.7. The summed E-state index contributed by atoms with van der Waals surface area (Å²) in [5.41, 5.74) is 3.55. The lowest BCUT2D eigenvalue weighted by molar-refractivity contribution is -0.222. The Morgan fingerprint density at radius 1 is 0.879 bits per heavy atom. The van der Waals surface area contributed by atoms with Crippen molar-refractivity contribution in [3.63, 3.8) is 0 Å². The molecule has 1 heteroatoms. The number of rotatable bonds is 1. The van der Waals surface area contributed by atoms with E-state index in [4.69, 9.17) is 0 Å². The molecule has 0 aromatic heterocycles. The van der Waals surface area contributed by atoms with Crippen LogP contribution in [0.15, 0.2) is 11.6 Å². The van der Waals surface area contributed by atoms with E-state index in [0.717, 1.165) is 30.1 Å². The number of aliphatic hydroxyl groups is 1. The fourth-order valence-corrected chi connectivity index (χ4v) is 11.7. The Morgan fingerprint density at radius 3 is 2.24 bits per heavy atom. The molecule has 1 N–H and O–H groups in total. The van der Waals surface area contributed by atoms with Crippen LogP contribution in [0.25, 0.3) is 0 Å². The molecule has 0 bridgehead atoms. The van der Waals surface area contributed by atoms with Gasteiger partial charge in [-0.3, -0.25) is 0 Å². The minimum absolute atomic E-state index is 0.0666. The van der Waals surface area contributed by atoms with Crippen molar-refractivity contribution in [2.24, 2.45) is 62.6 Å². The molecule has 5 aliphatic rings. The van der Waals surface area contributed by atoms with Crippen molar-refractivity contribution in [3.05, 3.63) is 11.6 Å². The first-order valence-corrected chi connectivity index (χ1v) is 14.7. The highest BCUT2D eigenvalue weighted by molar-refractivity contribution is 5.33. The van der Waals surface area contributed by atoms with Crippen molar-refractivity contribution in [1.29, 1.82) is 0 Å². The van der Waals surface area contributed by atoms with Crippen molar-refractivity contribution >= 4 is 0 Å². The molecule has 0 aromatic carbocycles. The summed E-state index contributed by atoms with van der Waals surface area (Å²) in [6.45, 7) is 23.0. The van der Waals surface area contributed by atoms with E-state index >= 15 is 0 Å². The Hall–Kier alpha value is -0.300. The van der Waals surface area contributed by atoms with Gasteiger partial charge in [0.05, 0.1) is 6.10 Å². The van der Waals surface area contributed by atoms with Gasteiger partial charge in [-0.15, -0.1) is 0 Å². The van der Waals surface area contributed by atoms with Crippen LogP contribution in [0.4, 0.5) is 0 Å². The quantitative estimate of drug-likeness (QED) is 0.393. The average Bonchev–Trinajstić information content (AvgIpc) is 2.76. The maximum absolute atomic E-state index is 11.3. The second kappa shape index (κ2) is 7.36. The van der Waals surface area contributed by atoms with Crippen molar-refractivity contribution < 1.29 is 5.11 Å². The lowest BCUT2D eigenvalue weighted by Crippen LogP contribution is -2.66. The van der Waals surface area contributed by atoms with Crippen molar-refractivity contribution in [3.8, 4) is 0 Å². The molecule has 0 amide bonds. The van der Waals surface area contributed by atoms with Crippen molar-refractivity contribution in [1.82, 2.24) is 0 Å². The average molecular weight is 455 g/mol. The van der Waals surface area contributed by atoms with Gasteiger partial charge in [0.2, 0.25) is 0 Å². The van der Waals surface area contributed by atoms with Crippen LogP contribution >= 0.6 is 0 Å². The van der Waals surface area contributed by atoms with Crippen LogP contribution in [-0.4, -0.2) is 11.2 Å². The number of fused-ring (bicyclic) bond motifs is 7. The molecule has 0 spiro atoms. The summed E-state index contributed by atoms with van der Waals surface area (Å²) in [5, 5.41) is 11.3. The lowest BCUT2D eigenvalue weighted by Gasteiger charge is -2.72. The van der Waals surface area contributed by atoms with Gasteiger partial charge in [0.15, 0.2) is 0 Å². The van der Waals surface area contributed by atoms with Gasteiger partial charge in [-0.1, -0.05) is 74.0 Å². The predicted octanol–water partition coefficient (Wildman–Crippen LogP) is 8.66. The first kappa shape index (κ1) is 24.4. The molecule has 4 fully saturated rings. The highest BCUT2D eigenvalue weighted by Gasteiger charge is 2.69. The molecule has 12 atom stereocenters. The minimum Gasteiger partial charge on any atom is -0.392 e. The molecule has 1 nitrogen and oxygen atoms in total. The number of hydrogen-bond donors (Lipinski definition) is 1. The Morgan fingerprint density at radius 2 is 1.58 bits per heavy atom. The standard InChI is InChI=1S/C32H54O/c1-10-29(6)24-14-16-32(9)25(30(24,7)19-21(3)27(29)33)12-11-23-26-22(4)20(2)13-15-28(26,5)17-18-31(23,32)8/h11,20-22,24-27,33H,10,12-19H2,1-9H3/t20-,21-,22+,24?,25?,26+,27+,28-,29+,30+,31-,32-/m1/s1. The fourth-order valence-electron chi connectivity index (χ4n) is 11.7. The maximum atomic E-state index is 11.3. The lowest BCUT2D eigenvalue weighted by atomic mass is 9.32. The van der Waals surface area contributed by atoms with Crippen LogP contribution in [-0.2, 0) is 0 Å². The van der Waals surface area contributed by atoms with Crippen molar-refractivity contribution in [2.75, 3.05) is 0 Å². The summed E-state index contributed by atoms with van der Waals surface area (Å²) in [6, 6.07) is 0. The Bertz CT molecular complexity index is 828. The summed E-state index contributed by atoms with van der Waals surface area (Å²) < 4.78 is 0. The molecule has 5 rings (SSSR count). The highest BCUT2D eigenvalue weighted by atomic mass is 16.3. The predicted molar refractivity (Wildman–Crippen MR) is 140 cm³/mol. The van der Waals surface area contributed by atoms with E-state index in [1.807, 2.05) is 5.57 Å². The van der Waals surface area contributed by atoms with Crippen molar-refractivity contribution in [2.45, 2.75) is 126 Å². The first-order valence-electron chi connectivity index (χ1n) is 14.7. The zero-order chi connectivity index (χ0) is 24.2. The minimum atomic E-state index is -0.143. The Kier molecular flexibility index (Phi) is 5.44. The van der Waals surface area contributed by atoms with Crippen LogP contribution in [0.3, 0.4) is 0 Å². The van der Waals surface area contributed by atoms with Gasteiger partial charge >= 0.3 is 0 Å². The van der Waals surface area contributed by atoms with Crippen LogP contribution < -0.4 is 0 Å². The number of hydrogen-bond acceptors (Lipinski definition) is 1. The van der Waals surface area contributed by atoms with Gasteiger partial charge in [0.1, 0.15) is 0 Å². The van der Waals surface area contributed by atoms with E-state index in [0.29, 0.717) is 33.5 Å². The van der Waals surface area contributed by atoms with Gasteiger partial charge < -0.3 is 5.11 Å². The second-order valence-corrected chi connectivity index (χ2v) is 15.3. The summed E-state index contributed by atoms with van der Waals surface area (Å²) >= 11 is 0. The van der Waals surface area contributed by atoms with Crippen LogP contribution in [0.5, 0.6) is 0 Å². The maximum Gasteiger partial charge on any atom is 0.0622 e. The van der Waals surface area contributed by atoms with Crippen LogP contribution in [0, 0.1) is 62.6 Å². The van der Waals surface area contributed by atoms with Gasteiger partial charge in [0.25, 0.3) is 0 Å². The van der Waals surface area contributed by atoms with Gasteiger partial charge in [0, 0.05) is 0 Å². The zero-order valence-corrected chi connectivity index (χ0v) is 23.4. The van der Waals surface area contributed by atoms with E-state index < -0.39 is 0 Å². The fraction of sp³-hybridized carbons (Fsp3) is 0.938. The molecule has 0 saturated heterocycles. The summed E-state index contributed by atoms with van der Waals surface area (Å²) in [4.78, 5) is 0. The zero-order valence-electron chi connectivity index (χ0n) is 23.4. The third kappa shape index (κ3) is 2.87.